The van der Waals surface area contributed by atoms with Gasteiger partial charge < -0.3 is 0 Å². The number of nitrogens with two attached hydrogens (primary N) is 1. The Morgan fingerprint density at radius 1 is 1.15 bits per heavy atom. The monoisotopic (exact) mass is 340 g/mol. The normalized spacial score (nSPS) is 13.3. The molecule has 0 bridgehead atoms. The molecule has 9 heteroatoms. The number of benzene rings is 1. The van der Waals surface area contributed by atoms with Crippen LogP contribution in [-0.4, -0.2) is 21.6 Å². The molecule has 3 N–H and O–H groups in total. The third-order valence-electron chi connectivity index (χ3n) is 2.63. The zero-order valence-corrected chi connectivity index (χ0v) is 13.9. The molecule has 20 heavy (non-hydrogen) atoms. The molecule has 0 aliphatic rings. The first-order valence-corrected chi connectivity index (χ1v) is 9.02. The van der Waals surface area contributed by atoms with E-state index in [0.717, 1.165) is 6.07 Å². The first kappa shape index (κ1) is 17.2. The Kier molecular flexibility index (Phi) is 4.46. The Hall–Kier alpha value is -0.830. The lowest BCUT2D eigenvalue weighted by Crippen LogP contribution is -2.34. The number of halogens is 1. The highest BCUT2D eigenvalue weighted by atomic mass is 35.5. The van der Waals surface area contributed by atoms with Crippen molar-refractivity contribution >= 4 is 37.3 Å². The smallest absolute Gasteiger partial charge is 0.238 e. The summed E-state index contributed by atoms with van der Waals surface area (Å²) < 4.78 is 48.1. The highest BCUT2D eigenvalue weighted by molar-refractivity contribution is 7.94. The van der Waals surface area contributed by atoms with Crippen molar-refractivity contribution in [1.29, 1.82) is 0 Å². The molecule has 6 nitrogen and oxygen atoms in total. The average molecular weight is 341 g/mol. The third kappa shape index (κ3) is 3.63. The predicted octanol–water partition coefficient (Wildman–Crippen LogP) is 1.84. The Labute approximate surface area is 124 Å². The van der Waals surface area contributed by atoms with Gasteiger partial charge in [0.2, 0.25) is 20.0 Å². The van der Waals surface area contributed by atoms with Crippen LogP contribution in [-0.2, 0) is 20.0 Å². The van der Waals surface area contributed by atoms with Crippen molar-refractivity contribution in [2.24, 2.45) is 5.14 Å². The van der Waals surface area contributed by atoms with Gasteiger partial charge in [-0.3, -0.25) is 4.72 Å². The Morgan fingerprint density at radius 2 is 1.65 bits per heavy atom. The van der Waals surface area contributed by atoms with E-state index in [2.05, 4.69) is 4.72 Å². The first-order valence-electron chi connectivity index (χ1n) is 5.61. The number of anilines is 1. The van der Waals surface area contributed by atoms with Gasteiger partial charge >= 0.3 is 0 Å². The number of aryl methyl sites for hydroxylation is 1. The number of nitrogens with one attached hydrogen (secondary N) is 1. The van der Waals surface area contributed by atoms with Crippen LogP contribution in [0.1, 0.15) is 26.3 Å². The molecule has 1 rings (SSSR count). The summed E-state index contributed by atoms with van der Waals surface area (Å²) in [6.07, 6.45) is 0. The quantitative estimate of drug-likeness (QED) is 0.875. The van der Waals surface area contributed by atoms with E-state index < -0.39 is 24.8 Å². The molecule has 1 aromatic carbocycles. The van der Waals surface area contributed by atoms with Gasteiger partial charge in [-0.1, -0.05) is 11.6 Å². The molecule has 0 aliphatic carbocycles. The fourth-order valence-corrected chi connectivity index (χ4v) is 3.20. The molecule has 0 unspecified atom stereocenters. The summed E-state index contributed by atoms with van der Waals surface area (Å²) in [5, 5.41) is 4.99. The summed E-state index contributed by atoms with van der Waals surface area (Å²) in [6, 6.07) is 2.38. The minimum Gasteiger partial charge on any atom is -0.281 e. The molecule has 0 atom stereocenters. The second-order valence-corrected chi connectivity index (χ2v) is 9.76. The van der Waals surface area contributed by atoms with Crippen LogP contribution in [0.5, 0.6) is 0 Å². The maximum Gasteiger partial charge on any atom is 0.238 e. The van der Waals surface area contributed by atoms with E-state index in [-0.39, 0.29) is 15.6 Å². The SMILES string of the molecule is Cc1cc(S(N)(=O)=O)cc(Cl)c1NS(=O)(=O)C(C)(C)C. The molecule has 0 amide bonds. The standard InChI is InChI=1S/C11H17ClN2O4S2/c1-7-5-8(19(13,15)16)6-9(12)10(7)14-20(17,18)11(2,3)4/h5-6,14H,1-4H3,(H2,13,15,16). The Balaban J connectivity index is 3.38. The lowest BCUT2D eigenvalue weighted by molar-refractivity contribution is 0.566. The van der Waals surface area contributed by atoms with Gasteiger partial charge in [-0.05, 0) is 45.4 Å². The van der Waals surface area contributed by atoms with Crippen LogP contribution in [0.25, 0.3) is 0 Å². The molecule has 0 radical (unpaired) electrons. The van der Waals surface area contributed by atoms with Crippen molar-refractivity contribution in [3.8, 4) is 0 Å². The number of hydrogen-bond donors (Lipinski definition) is 2. The lowest BCUT2D eigenvalue weighted by atomic mass is 10.2. The zero-order chi connectivity index (χ0) is 15.9. The number of rotatable bonds is 3. The van der Waals surface area contributed by atoms with Crippen LogP contribution in [0, 0.1) is 6.92 Å². The van der Waals surface area contributed by atoms with E-state index in [4.69, 9.17) is 16.7 Å². The zero-order valence-electron chi connectivity index (χ0n) is 11.6. The number of hydrogen-bond acceptors (Lipinski definition) is 4. The van der Waals surface area contributed by atoms with E-state index in [9.17, 15) is 16.8 Å². The van der Waals surface area contributed by atoms with E-state index >= 15 is 0 Å². The van der Waals surface area contributed by atoms with Gasteiger partial charge in [-0.2, -0.15) is 0 Å². The number of primary sulfonamides is 1. The van der Waals surface area contributed by atoms with Crippen molar-refractivity contribution in [1.82, 2.24) is 0 Å². The molecule has 1 aromatic rings. The minimum atomic E-state index is -3.90. The Bertz CT molecular complexity index is 711. The topological polar surface area (TPSA) is 106 Å². The summed E-state index contributed by atoms with van der Waals surface area (Å²) in [6.45, 7) is 6.16. The largest absolute Gasteiger partial charge is 0.281 e. The van der Waals surface area contributed by atoms with Crippen LogP contribution >= 0.6 is 11.6 Å². The van der Waals surface area contributed by atoms with Crippen molar-refractivity contribution in [3.63, 3.8) is 0 Å². The second kappa shape index (κ2) is 5.18. The van der Waals surface area contributed by atoms with Crippen LogP contribution < -0.4 is 9.86 Å². The molecule has 0 aromatic heterocycles. The van der Waals surface area contributed by atoms with Crippen LogP contribution in [0.4, 0.5) is 5.69 Å². The van der Waals surface area contributed by atoms with Gasteiger partial charge in [0.1, 0.15) is 0 Å². The average Bonchev–Trinajstić information content (AvgIpc) is 2.20. The van der Waals surface area contributed by atoms with Crippen molar-refractivity contribution in [2.75, 3.05) is 4.72 Å². The summed E-state index contributed by atoms with van der Waals surface area (Å²) in [5.74, 6) is 0. The highest BCUT2D eigenvalue weighted by Gasteiger charge is 2.30. The second-order valence-electron chi connectivity index (χ2n) is 5.36. The number of sulfonamides is 2. The summed E-state index contributed by atoms with van der Waals surface area (Å²) in [5.41, 5.74) is 0.517. The molecule has 0 spiro atoms. The lowest BCUT2D eigenvalue weighted by Gasteiger charge is -2.22. The van der Waals surface area contributed by atoms with E-state index in [0.29, 0.717) is 5.56 Å². The summed E-state index contributed by atoms with van der Waals surface area (Å²) in [7, 11) is -7.56. The maximum absolute atomic E-state index is 12.1. The molecule has 0 aliphatic heterocycles. The Morgan fingerprint density at radius 3 is 2.00 bits per heavy atom. The van der Waals surface area contributed by atoms with Gasteiger partial charge in [-0.15, -0.1) is 0 Å². The first-order chi connectivity index (χ1) is 8.75. The highest BCUT2D eigenvalue weighted by Crippen LogP contribution is 2.31. The molecule has 0 saturated heterocycles. The fraction of sp³-hybridized carbons (Fsp3) is 0.455. The third-order valence-corrected chi connectivity index (χ3v) is 5.91. The van der Waals surface area contributed by atoms with Crippen LogP contribution in [0.15, 0.2) is 17.0 Å². The minimum absolute atomic E-state index is 0.0261. The van der Waals surface area contributed by atoms with Crippen LogP contribution in [0.3, 0.4) is 0 Å². The van der Waals surface area contributed by atoms with E-state index in [1.807, 2.05) is 0 Å². The van der Waals surface area contributed by atoms with Gasteiger partial charge in [0.05, 0.1) is 20.4 Å². The summed E-state index contributed by atoms with van der Waals surface area (Å²) >= 11 is 5.95. The molecular weight excluding hydrogens is 324 g/mol. The van der Waals surface area contributed by atoms with E-state index in [1.165, 1.54) is 26.8 Å². The molecule has 0 heterocycles. The molecule has 0 saturated carbocycles. The van der Waals surface area contributed by atoms with Crippen LogP contribution in [0.2, 0.25) is 5.02 Å². The van der Waals surface area contributed by atoms with E-state index in [1.54, 1.807) is 6.92 Å². The predicted molar refractivity (Wildman–Crippen MR) is 79.9 cm³/mol. The molecule has 0 fully saturated rings. The van der Waals surface area contributed by atoms with Gasteiger partial charge in [0.25, 0.3) is 0 Å². The van der Waals surface area contributed by atoms with Crippen molar-refractivity contribution in [3.05, 3.63) is 22.7 Å². The summed E-state index contributed by atoms with van der Waals surface area (Å²) in [4.78, 5) is -0.168. The molecular formula is C11H17ClN2O4S2. The fourth-order valence-electron chi connectivity index (χ4n) is 1.29. The van der Waals surface area contributed by atoms with Crippen molar-refractivity contribution in [2.45, 2.75) is 37.3 Å². The van der Waals surface area contributed by atoms with Gasteiger partial charge in [-0.25, -0.2) is 22.0 Å². The van der Waals surface area contributed by atoms with Gasteiger partial charge in [0.15, 0.2) is 0 Å². The molecule has 114 valence electrons. The van der Waals surface area contributed by atoms with Gasteiger partial charge in [0, 0.05) is 0 Å². The van der Waals surface area contributed by atoms with Crippen molar-refractivity contribution < 1.29 is 16.8 Å². The maximum atomic E-state index is 12.1.